The second-order valence-corrected chi connectivity index (χ2v) is 10.6. The number of ether oxygens (including phenoxy) is 2. The zero-order chi connectivity index (χ0) is 26.1. The number of aryl methyl sites for hydroxylation is 2. The van der Waals surface area contributed by atoms with E-state index in [-0.39, 0.29) is 5.91 Å². The SMILES string of the molecule is COc1cc(/C=C2\CCCN(C[C@H]3CCc4cc(N5CCOCC5)ccc43)C2=O)ccc1-n1cnc(C)c1. The molecule has 0 radical (unpaired) electrons. The van der Waals surface area contributed by atoms with Crippen molar-refractivity contribution >= 4 is 17.7 Å². The van der Waals surface area contributed by atoms with E-state index < -0.39 is 0 Å². The van der Waals surface area contributed by atoms with E-state index in [1.165, 1.54) is 16.8 Å². The molecule has 0 bridgehead atoms. The van der Waals surface area contributed by atoms with Crippen LogP contribution in [0.15, 0.2) is 54.5 Å². The van der Waals surface area contributed by atoms with E-state index in [1.807, 2.05) is 42.0 Å². The number of carbonyl (C=O) groups excluding carboxylic acids is 1. The first-order chi connectivity index (χ1) is 18.6. The van der Waals surface area contributed by atoms with E-state index in [0.717, 1.165) is 93.3 Å². The van der Waals surface area contributed by atoms with Crippen LogP contribution in [-0.4, -0.2) is 66.9 Å². The van der Waals surface area contributed by atoms with Crippen molar-refractivity contribution in [3.8, 4) is 11.4 Å². The molecule has 0 saturated carbocycles. The maximum atomic E-state index is 13.5. The molecule has 1 aromatic heterocycles. The topological polar surface area (TPSA) is 59.8 Å². The van der Waals surface area contributed by atoms with E-state index in [2.05, 4.69) is 33.0 Å². The number of benzene rings is 2. The molecule has 2 aromatic carbocycles. The summed E-state index contributed by atoms with van der Waals surface area (Å²) in [5.74, 6) is 1.34. The molecule has 7 nitrogen and oxygen atoms in total. The first-order valence-corrected chi connectivity index (χ1v) is 13.7. The summed E-state index contributed by atoms with van der Waals surface area (Å²) in [7, 11) is 1.68. The third-order valence-electron chi connectivity index (χ3n) is 8.12. The molecule has 2 aliphatic heterocycles. The summed E-state index contributed by atoms with van der Waals surface area (Å²) >= 11 is 0. The van der Waals surface area contributed by atoms with Gasteiger partial charge in [0, 0.05) is 49.6 Å². The van der Waals surface area contributed by atoms with Gasteiger partial charge in [-0.2, -0.15) is 0 Å². The van der Waals surface area contributed by atoms with Crippen LogP contribution in [0.4, 0.5) is 5.69 Å². The number of imidazole rings is 1. The lowest BCUT2D eigenvalue weighted by atomic mass is 9.96. The molecule has 38 heavy (non-hydrogen) atoms. The summed E-state index contributed by atoms with van der Waals surface area (Å²) in [6.07, 6.45) is 9.81. The third kappa shape index (κ3) is 4.95. The smallest absolute Gasteiger partial charge is 0.249 e. The summed E-state index contributed by atoms with van der Waals surface area (Å²) in [6.45, 7) is 7.10. The molecule has 198 valence electrons. The number of piperidine rings is 1. The average molecular weight is 513 g/mol. The first kappa shape index (κ1) is 24.7. The van der Waals surface area contributed by atoms with E-state index >= 15 is 0 Å². The van der Waals surface area contributed by atoms with Gasteiger partial charge in [-0.05, 0) is 79.6 Å². The van der Waals surface area contributed by atoms with Crippen LogP contribution in [0.3, 0.4) is 0 Å². The van der Waals surface area contributed by atoms with Crippen LogP contribution in [0.2, 0.25) is 0 Å². The molecule has 7 heteroatoms. The van der Waals surface area contributed by atoms with Crippen molar-refractivity contribution in [2.75, 3.05) is 51.4 Å². The zero-order valence-corrected chi connectivity index (χ0v) is 22.4. The number of fused-ring (bicyclic) bond motifs is 1. The van der Waals surface area contributed by atoms with Crippen LogP contribution in [-0.2, 0) is 16.0 Å². The van der Waals surface area contributed by atoms with E-state index in [9.17, 15) is 4.79 Å². The Hall–Kier alpha value is -3.58. The number of carbonyl (C=O) groups is 1. The number of anilines is 1. The lowest BCUT2D eigenvalue weighted by Crippen LogP contribution is -2.39. The van der Waals surface area contributed by atoms with Crippen LogP contribution in [0.25, 0.3) is 11.8 Å². The predicted molar refractivity (Wildman–Crippen MR) is 149 cm³/mol. The number of rotatable bonds is 6. The van der Waals surface area contributed by atoms with Crippen LogP contribution < -0.4 is 9.64 Å². The van der Waals surface area contributed by atoms with Crippen molar-refractivity contribution in [1.29, 1.82) is 0 Å². The zero-order valence-electron chi connectivity index (χ0n) is 22.4. The fraction of sp³-hybridized carbons (Fsp3) is 0.419. The highest BCUT2D eigenvalue weighted by atomic mass is 16.5. The number of hydrogen-bond donors (Lipinski definition) is 0. The van der Waals surface area contributed by atoms with Gasteiger partial charge >= 0.3 is 0 Å². The van der Waals surface area contributed by atoms with Gasteiger partial charge in [0.25, 0.3) is 0 Å². The normalized spacial score (nSPS) is 20.7. The Balaban J connectivity index is 1.16. The number of morpholine rings is 1. The highest BCUT2D eigenvalue weighted by Gasteiger charge is 2.30. The largest absolute Gasteiger partial charge is 0.495 e. The summed E-state index contributed by atoms with van der Waals surface area (Å²) in [4.78, 5) is 22.3. The molecule has 3 aromatic rings. The van der Waals surface area contributed by atoms with Gasteiger partial charge in [0.15, 0.2) is 0 Å². The van der Waals surface area contributed by atoms with Gasteiger partial charge in [-0.25, -0.2) is 4.98 Å². The van der Waals surface area contributed by atoms with Gasteiger partial charge in [0.1, 0.15) is 5.75 Å². The lowest BCUT2D eigenvalue weighted by molar-refractivity contribution is -0.128. The highest BCUT2D eigenvalue weighted by Crippen LogP contribution is 2.37. The molecule has 1 amide bonds. The maximum Gasteiger partial charge on any atom is 0.249 e. The molecule has 0 spiro atoms. The summed E-state index contributed by atoms with van der Waals surface area (Å²) in [5.41, 5.74) is 7.91. The lowest BCUT2D eigenvalue weighted by Gasteiger charge is -2.31. The Morgan fingerprint density at radius 2 is 1.97 bits per heavy atom. The van der Waals surface area contributed by atoms with Crippen LogP contribution in [0.5, 0.6) is 5.75 Å². The Morgan fingerprint density at radius 3 is 2.76 bits per heavy atom. The van der Waals surface area contributed by atoms with Crippen LogP contribution >= 0.6 is 0 Å². The monoisotopic (exact) mass is 512 g/mol. The van der Waals surface area contributed by atoms with Gasteiger partial charge in [-0.15, -0.1) is 0 Å². The Labute approximate surface area is 224 Å². The fourth-order valence-electron chi connectivity index (χ4n) is 6.10. The summed E-state index contributed by atoms with van der Waals surface area (Å²) in [6, 6.07) is 13.0. The van der Waals surface area contributed by atoms with Crippen molar-refractivity contribution in [2.45, 2.75) is 38.5 Å². The number of aromatic nitrogens is 2. The minimum absolute atomic E-state index is 0.169. The maximum absolute atomic E-state index is 13.5. The predicted octanol–water partition coefficient (Wildman–Crippen LogP) is 4.76. The molecule has 0 N–H and O–H groups in total. The molecule has 2 fully saturated rings. The number of likely N-dealkylation sites (tertiary alicyclic amines) is 1. The van der Waals surface area contributed by atoms with Gasteiger partial charge in [-0.1, -0.05) is 12.1 Å². The average Bonchev–Trinajstić information content (AvgIpc) is 3.57. The number of nitrogens with zero attached hydrogens (tertiary/aromatic N) is 4. The molecule has 6 rings (SSSR count). The second kappa shape index (κ2) is 10.7. The Morgan fingerprint density at radius 1 is 1.11 bits per heavy atom. The number of hydrogen-bond acceptors (Lipinski definition) is 5. The molecular weight excluding hydrogens is 476 g/mol. The molecule has 3 aliphatic rings. The third-order valence-corrected chi connectivity index (χ3v) is 8.12. The van der Waals surface area contributed by atoms with Crippen molar-refractivity contribution in [3.05, 3.63) is 76.9 Å². The van der Waals surface area contributed by atoms with E-state index in [4.69, 9.17) is 9.47 Å². The minimum atomic E-state index is 0.169. The van der Waals surface area contributed by atoms with Crippen LogP contribution in [0, 0.1) is 6.92 Å². The molecule has 0 unspecified atom stereocenters. The van der Waals surface area contributed by atoms with E-state index in [0.29, 0.717) is 5.92 Å². The van der Waals surface area contributed by atoms with Gasteiger partial charge in [-0.3, -0.25) is 4.79 Å². The Bertz CT molecular complexity index is 1350. The Kier molecular flexibility index (Phi) is 6.94. The van der Waals surface area contributed by atoms with Crippen molar-refractivity contribution in [2.24, 2.45) is 0 Å². The van der Waals surface area contributed by atoms with E-state index in [1.54, 1.807) is 13.4 Å². The first-order valence-electron chi connectivity index (χ1n) is 13.7. The molecule has 1 atom stereocenters. The molecular formula is C31H36N4O3. The quantitative estimate of drug-likeness (QED) is 0.446. The fourth-order valence-corrected chi connectivity index (χ4v) is 6.10. The molecule has 3 heterocycles. The minimum Gasteiger partial charge on any atom is -0.495 e. The summed E-state index contributed by atoms with van der Waals surface area (Å²) in [5, 5.41) is 0. The van der Waals surface area contributed by atoms with Crippen molar-refractivity contribution in [1.82, 2.24) is 14.5 Å². The standard InChI is InChI=1S/C31H36N4O3/c1-22-19-35(21-32-22)29-10-5-23(17-30(29)37-2)16-25-4-3-11-34(31(25)36)20-26-7-6-24-18-27(8-9-28(24)26)33-12-14-38-15-13-33/h5,8-10,16-19,21,26H,3-4,6-7,11-15,20H2,1-2H3/b25-16+/t26-/m1/s1. The second-order valence-electron chi connectivity index (χ2n) is 10.6. The van der Waals surface area contributed by atoms with Crippen molar-refractivity contribution in [3.63, 3.8) is 0 Å². The van der Waals surface area contributed by atoms with Crippen LogP contribution in [0.1, 0.15) is 47.6 Å². The van der Waals surface area contributed by atoms with Gasteiger partial charge in [0.05, 0.1) is 38.0 Å². The number of methoxy groups -OCH3 is 1. The summed E-state index contributed by atoms with van der Waals surface area (Å²) < 4.78 is 13.1. The molecule has 1 aliphatic carbocycles. The van der Waals surface area contributed by atoms with Gasteiger partial charge in [0.2, 0.25) is 5.91 Å². The highest BCUT2D eigenvalue weighted by molar-refractivity contribution is 5.98. The van der Waals surface area contributed by atoms with Gasteiger partial charge < -0.3 is 23.8 Å². The molecule has 2 saturated heterocycles. The van der Waals surface area contributed by atoms with Crippen molar-refractivity contribution < 1.29 is 14.3 Å². The number of amides is 1.